The van der Waals surface area contributed by atoms with Gasteiger partial charge in [0.15, 0.2) is 5.17 Å². The van der Waals surface area contributed by atoms with Crippen molar-refractivity contribution in [1.82, 2.24) is 4.90 Å². The summed E-state index contributed by atoms with van der Waals surface area (Å²) in [5.41, 5.74) is 2.73. The average molecular weight is 414 g/mol. The van der Waals surface area contributed by atoms with Gasteiger partial charge in [0.05, 0.1) is 17.5 Å². The van der Waals surface area contributed by atoms with Crippen molar-refractivity contribution in [1.29, 1.82) is 0 Å². The number of fused-ring (bicyclic) bond motifs is 3. The Labute approximate surface area is 168 Å². The van der Waals surface area contributed by atoms with E-state index in [1.54, 1.807) is 0 Å². The summed E-state index contributed by atoms with van der Waals surface area (Å²) in [6.07, 6.45) is 1.96. The van der Waals surface area contributed by atoms with Crippen LogP contribution in [0.2, 0.25) is 0 Å². The summed E-state index contributed by atoms with van der Waals surface area (Å²) in [6, 6.07) is 15.9. The van der Waals surface area contributed by atoms with E-state index < -0.39 is 10.0 Å². The summed E-state index contributed by atoms with van der Waals surface area (Å²) in [7, 11) is -3.38. The first-order valence-corrected chi connectivity index (χ1v) is 11.7. The molecule has 0 aromatic heterocycles. The van der Waals surface area contributed by atoms with Crippen LogP contribution in [-0.4, -0.2) is 43.2 Å². The van der Waals surface area contributed by atoms with E-state index in [1.165, 1.54) is 17.3 Å². The molecule has 0 saturated carbocycles. The number of rotatable bonds is 2. The van der Waals surface area contributed by atoms with Gasteiger partial charge < -0.3 is 9.80 Å². The molecule has 0 spiro atoms. The van der Waals surface area contributed by atoms with E-state index in [2.05, 4.69) is 16.5 Å². The van der Waals surface area contributed by atoms with E-state index >= 15 is 0 Å². The van der Waals surface area contributed by atoms with Gasteiger partial charge in [0.25, 0.3) is 15.9 Å². The van der Waals surface area contributed by atoms with Gasteiger partial charge in [-0.05, 0) is 48.4 Å². The number of carbonyl (C=O) groups excluding carboxylic acids is 1. The summed E-state index contributed by atoms with van der Waals surface area (Å²) < 4.78 is 27.4. The molecular formula is C20H19N3O3S2. The van der Waals surface area contributed by atoms with Gasteiger partial charge in [0.2, 0.25) is 0 Å². The van der Waals surface area contributed by atoms with Crippen LogP contribution < -0.4 is 4.90 Å². The molecule has 3 aliphatic heterocycles. The molecule has 1 fully saturated rings. The Balaban J connectivity index is 1.44. The first-order chi connectivity index (χ1) is 13.5. The lowest BCUT2D eigenvalue weighted by Gasteiger charge is -2.25. The van der Waals surface area contributed by atoms with Crippen LogP contribution in [0.15, 0.2) is 57.8 Å². The molecule has 0 aliphatic carbocycles. The highest BCUT2D eigenvalue weighted by atomic mass is 32.2. The highest BCUT2D eigenvalue weighted by Crippen LogP contribution is 2.43. The lowest BCUT2D eigenvalue weighted by molar-refractivity contribution is 0.0735. The van der Waals surface area contributed by atoms with Crippen LogP contribution in [0, 0.1) is 0 Å². The molecule has 6 nitrogen and oxygen atoms in total. The first-order valence-electron chi connectivity index (χ1n) is 9.30. The van der Waals surface area contributed by atoms with Crippen LogP contribution in [0.25, 0.3) is 0 Å². The van der Waals surface area contributed by atoms with Crippen molar-refractivity contribution in [2.45, 2.75) is 23.8 Å². The van der Waals surface area contributed by atoms with E-state index in [-0.39, 0.29) is 17.7 Å². The minimum absolute atomic E-state index is 0.0176. The highest BCUT2D eigenvalue weighted by molar-refractivity contribution is 8.15. The van der Waals surface area contributed by atoms with E-state index in [1.807, 2.05) is 46.2 Å². The molecule has 0 N–H and O–H groups in total. The molecule has 1 saturated heterocycles. The maximum Gasteiger partial charge on any atom is 0.257 e. The number of carbonyl (C=O) groups is 1. The van der Waals surface area contributed by atoms with Gasteiger partial charge in [-0.3, -0.25) is 4.79 Å². The number of benzene rings is 2. The van der Waals surface area contributed by atoms with Crippen molar-refractivity contribution >= 4 is 38.5 Å². The van der Waals surface area contributed by atoms with Crippen molar-refractivity contribution in [3.05, 3.63) is 59.7 Å². The van der Waals surface area contributed by atoms with Crippen LogP contribution in [0.4, 0.5) is 5.69 Å². The smallest absolute Gasteiger partial charge is 0.257 e. The Morgan fingerprint density at radius 2 is 1.93 bits per heavy atom. The molecule has 5 rings (SSSR count). The predicted octanol–water partition coefficient (Wildman–Crippen LogP) is 3.28. The minimum Gasteiger partial charge on any atom is -0.332 e. The molecule has 0 bridgehead atoms. The predicted molar refractivity (Wildman–Crippen MR) is 110 cm³/mol. The molecule has 3 aliphatic rings. The van der Waals surface area contributed by atoms with Crippen molar-refractivity contribution in [2.24, 2.45) is 4.40 Å². The van der Waals surface area contributed by atoms with Gasteiger partial charge in [0.1, 0.15) is 0 Å². The number of nitrogens with zero attached hydrogens (tertiary/aromatic N) is 3. The lowest BCUT2D eigenvalue weighted by Crippen LogP contribution is -2.35. The van der Waals surface area contributed by atoms with Gasteiger partial charge in [-0.2, -0.15) is 0 Å². The largest absolute Gasteiger partial charge is 0.332 e. The molecule has 8 heteroatoms. The number of anilines is 1. The second-order valence-electron chi connectivity index (χ2n) is 7.16. The molecule has 1 atom stereocenters. The second-order valence-corrected chi connectivity index (χ2v) is 9.93. The monoisotopic (exact) mass is 413 g/mol. The van der Waals surface area contributed by atoms with Gasteiger partial charge >= 0.3 is 0 Å². The molecule has 3 heterocycles. The zero-order valence-electron chi connectivity index (χ0n) is 15.1. The van der Waals surface area contributed by atoms with Crippen molar-refractivity contribution in [2.75, 3.05) is 23.7 Å². The first kappa shape index (κ1) is 17.8. The summed E-state index contributed by atoms with van der Waals surface area (Å²) >= 11 is 1.32. The Bertz CT molecular complexity index is 1080. The fraction of sp³-hybridized carbons (Fsp3) is 0.300. The Hall–Kier alpha value is -2.32. The van der Waals surface area contributed by atoms with E-state index in [0.29, 0.717) is 17.3 Å². The van der Waals surface area contributed by atoms with Crippen LogP contribution in [0.3, 0.4) is 0 Å². The molecule has 2 aromatic rings. The average Bonchev–Trinajstić information content (AvgIpc) is 3.30. The number of sulfonamides is 1. The lowest BCUT2D eigenvalue weighted by atomic mass is 10.0. The minimum atomic E-state index is -3.38. The number of thioether (sulfide) groups is 1. The molecular weight excluding hydrogens is 394 g/mol. The summed E-state index contributed by atoms with van der Waals surface area (Å²) in [4.78, 5) is 18.0. The van der Waals surface area contributed by atoms with Crippen LogP contribution >= 0.6 is 11.8 Å². The normalized spacial score (nSPS) is 22.6. The number of hydrogen-bond donors (Lipinski definition) is 0. The third-order valence-electron chi connectivity index (χ3n) is 5.42. The number of hydrogen-bond acceptors (Lipinski definition) is 5. The zero-order valence-corrected chi connectivity index (χ0v) is 16.7. The van der Waals surface area contributed by atoms with E-state index in [0.717, 1.165) is 30.0 Å². The van der Waals surface area contributed by atoms with Gasteiger partial charge in [0, 0.05) is 23.5 Å². The topological polar surface area (TPSA) is 70.0 Å². The van der Waals surface area contributed by atoms with Crippen LogP contribution in [0.5, 0.6) is 0 Å². The summed E-state index contributed by atoms with van der Waals surface area (Å²) in [5, 5.41) is 0.481. The number of amidine groups is 1. The van der Waals surface area contributed by atoms with Crippen molar-refractivity contribution in [3.8, 4) is 0 Å². The highest BCUT2D eigenvalue weighted by Gasteiger charge is 2.35. The zero-order chi connectivity index (χ0) is 19.3. The van der Waals surface area contributed by atoms with Gasteiger partial charge in [-0.25, -0.2) is 8.42 Å². The Morgan fingerprint density at radius 1 is 1.11 bits per heavy atom. The van der Waals surface area contributed by atoms with E-state index in [9.17, 15) is 13.2 Å². The third kappa shape index (κ3) is 3.00. The number of likely N-dealkylation sites (tertiary alicyclic amines) is 1. The molecule has 144 valence electrons. The Morgan fingerprint density at radius 3 is 2.75 bits per heavy atom. The van der Waals surface area contributed by atoms with Crippen LogP contribution in [0.1, 0.15) is 34.8 Å². The molecule has 28 heavy (non-hydrogen) atoms. The summed E-state index contributed by atoms with van der Waals surface area (Å²) in [5.74, 6) is 0.0400. The fourth-order valence-electron chi connectivity index (χ4n) is 4.06. The van der Waals surface area contributed by atoms with E-state index in [4.69, 9.17) is 0 Å². The van der Waals surface area contributed by atoms with Crippen molar-refractivity contribution < 1.29 is 13.2 Å². The van der Waals surface area contributed by atoms with Gasteiger partial charge in [-0.15, -0.1) is 4.40 Å². The number of amides is 1. The summed E-state index contributed by atoms with van der Waals surface area (Å²) in [6.45, 7) is 1.15. The SMILES string of the molecule is O=C(c1ccc2c(c1)SC1=NS(=O)(=O)CCN12)N1CCCC1c1ccccc1. The molecule has 0 radical (unpaired) electrons. The van der Waals surface area contributed by atoms with Crippen molar-refractivity contribution in [3.63, 3.8) is 0 Å². The Kier molecular flexibility index (Phi) is 4.21. The molecule has 2 aromatic carbocycles. The van der Waals surface area contributed by atoms with Gasteiger partial charge in [-0.1, -0.05) is 30.3 Å². The fourth-order valence-corrected chi connectivity index (χ4v) is 6.36. The third-order valence-corrected chi connectivity index (χ3v) is 7.72. The maximum absolute atomic E-state index is 13.2. The van der Waals surface area contributed by atoms with Crippen LogP contribution in [-0.2, 0) is 10.0 Å². The molecule has 1 amide bonds. The molecule has 1 unspecified atom stereocenters. The second kappa shape index (κ2) is 6.63. The standard InChI is InChI=1S/C20H19N3O3S2/c24-19(22-10-4-7-16(22)14-5-2-1-3-6-14)15-8-9-17-18(13-15)27-20-21-28(25,26)12-11-23(17)20/h1-3,5-6,8-9,13,16H,4,7,10-12H2. The maximum atomic E-state index is 13.2. The quantitative estimate of drug-likeness (QED) is 0.756.